The monoisotopic (exact) mass is 513 g/mol. The zero-order valence-corrected chi connectivity index (χ0v) is 20.2. The first kappa shape index (κ1) is 24.3. The molecule has 0 spiro atoms. The van der Waals surface area contributed by atoms with Gasteiger partial charge in [-0.2, -0.15) is 0 Å². The van der Waals surface area contributed by atoms with E-state index in [0.29, 0.717) is 27.6 Å². The number of carbonyl (C=O) groups is 2. The largest absolute Gasteiger partial charge is 0.507 e. The standard InChI is InChI=1S/C30H21ClFNO4/c31-22-15-13-20(14-16-22)28(34)26-27(21-9-6-10-23(32)17-21)33(30(36)29(26)35)24-11-4-5-12-25(24)37-18-19-7-2-1-3-8-19/h1-17,27,34H,18H2/b28-26+. The lowest BCUT2D eigenvalue weighted by molar-refractivity contribution is -0.132. The molecule has 1 N–H and O–H groups in total. The third kappa shape index (κ3) is 4.84. The molecule has 0 aliphatic carbocycles. The maximum atomic E-state index is 14.3. The quantitative estimate of drug-likeness (QED) is 0.177. The van der Waals surface area contributed by atoms with Gasteiger partial charge in [-0.25, -0.2) is 4.39 Å². The van der Waals surface area contributed by atoms with Crippen molar-refractivity contribution in [1.29, 1.82) is 0 Å². The van der Waals surface area contributed by atoms with Gasteiger partial charge in [-0.15, -0.1) is 0 Å². The number of hydrogen-bond acceptors (Lipinski definition) is 4. The summed E-state index contributed by atoms with van der Waals surface area (Å²) in [6.07, 6.45) is 0. The molecule has 0 bridgehead atoms. The summed E-state index contributed by atoms with van der Waals surface area (Å²) in [5, 5.41) is 11.6. The topological polar surface area (TPSA) is 66.8 Å². The minimum absolute atomic E-state index is 0.157. The fourth-order valence-corrected chi connectivity index (χ4v) is 4.48. The summed E-state index contributed by atoms with van der Waals surface area (Å²) in [6, 6.07) is 27.1. The Kier molecular flexibility index (Phi) is 6.75. The lowest BCUT2D eigenvalue weighted by Gasteiger charge is -2.27. The fourth-order valence-electron chi connectivity index (χ4n) is 4.35. The number of hydrogen-bond donors (Lipinski definition) is 1. The van der Waals surface area contributed by atoms with Gasteiger partial charge in [-0.1, -0.05) is 66.2 Å². The Morgan fingerprint density at radius 3 is 2.32 bits per heavy atom. The van der Waals surface area contributed by atoms with Crippen molar-refractivity contribution in [2.24, 2.45) is 0 Å². The van der Waals surface area contributed by atoms with Crippen LogP contribution in [0.2, 0.25) is 5.02 Å². The van der Waals surface area contributed by atoms with Crippen LogP contribution in [0.1, 0.15) is 22.7 Å². The van der Waals surface area contributed by atoms with Gasteiger partial charge >= 0.3 is 0 Å². The maximum Gasteiger partial charge on any atom is 0.300 e. The van der Waals surface area contributed by atoms with Gasteiger partial charge in [-0.3, -0.25) is 14.5 Å². The molecule has 0 aromatic heterocycles. The van der Waals surface area contributed by atoms with Crippen molar-refractivity contribution in [3.05, 3.63) is 136 Å². The van der Waals surface area contributed by atoms with Crippen molar-refractivity contribution in [2.75, 3.05) is 4.90 Å². The molecule has 37 heavy (non-hydrogen) atoms. The molecular weight excluding hydrogens is 493 g/mol. The number of anilines is 1. The smallest absolute Gasteiger partial charge is 0.300 e. The molecule has 1 heterocycles. The number of benzene rings is 4. The molecule has 1 unspecified atom stereocenters. The van der Waals surface area contributed by atoms with E-state index in [-0.39, 0.29) is 17.9 Å². The molecule has 184 valence electrons. The van der Waals surface area contributed by atoms with Crippen molar-refractivity contribution < 1.29 is 23.8 Å². The van der Waals surface area contributed by atoms with E-state index in [1.807, 2.05) is 30.3 Å². The number of aliphatic hydroxyl groups is 1. The van der Waals surface area contributed by atoms with Crippen LogP contribution < -0.4 is 9.64 Å². The second-order valence-electron chi connectivity index (χ2n) is 8.47. The second kappa shape index (κ2) is 10.3. The fraction of sp³-hybridized carbons (Fsp3) is 0.0667. The van der Waals surface area contributed by atoms with Gasteiger partial charge in [0.05, 0.1) is 17.3 Å². The molecule has 1 saturated heterocycles. The number of ether oxygens (including phenoxy) is 1. The molecule has 1 aliphatic rings. The van der Waals surface area contributed by atoms with E-state index in [0.717, 1.165) is 5.56 Å². The van der Waals surface area contributed by atoms with Gasteiger partial charge in [0.1, 0.15) is 23.9 Å². The Labute approximate surface area is 218 Å². The first-order valence-corrected chi connectivity index (χ1v) is 11.9. The van der Waals surface area contributed by atoms with Crippen LogP contribution in [0.4, 0.5) is 10.1 Å². The Morgan fingerprint density at radius 1 is 0.892 bits per heavy atom. The number of Topliss-reactive ketones (excluding diaryl/α,β-unsaturated/α-hetero) is 1. The molecule has 1 fully saturated rings. The maximum absolute atomic E-state index is 14.3. The number of ketones is 1. The van der Waals surface area contributed by atoms with Gasteiger partial charge in [0, 0.05) is 10.6 Å². The average molecular weight is 514 g/mol. The van der Waals surface area contributed by atoms with Crippen molar-refractivity contribution in [2.45, 2.75) is 12.6 Å². The number of carbonyl (C=O) groups excluding carboxylic acids is 2. The molecule has 1 aliphatic heterocycles. The van der Waals surface area contributed by atoms with Crippen LogP contribution in [-0.4, -0.2) is 16.8 Å². The van der Waals surface area contributed by atoms with Crippen LogP contribution >= 0.6 is 11.6 Å². The highest BCUT2D eigenvalue weighted by Crippen LogP contribution is 2.45. The van der Waals surface area contributed by atoms with Crippen LogP contribution in [0.3, 0.4) is 0 Å². The highest BCUT2D eigenvalue weighted by molar-refractivity contribution is 6.52. The molecule has 0 radical (unpaired) electrons. The molecule has 4 aromatic carbocycles. The number of rotatable bonds is 6. The lowest BCUT2D eigenvalue weighted by atomic mass is 9.95. The summed E-state index contributed by atoms with van der Waals surface area (Å²) >= 11 is 5.98. The third-order valence-electron chi connectivity index (χ3n) is 6.09. The van der Waals surface area contributed by atoms with Gasteiger partial charge in [0.2, 0.25) is 0 Å². The number of aliphatic hydroxyl groups excluding tert-OH is 1. The van der Waals surface area contributed by atoms with Crippen LogP contribution in [0.15, 0.2) is 109 Å². The number of para-hydroxylation sites is 2. The molecule has 1 amide bonds. The molecule has 5 rings (SSSR count). The summed E-state index contributed by atoms with van der Waals surface area (Å²) < 4.78 is 20.4. The van der Waals surface area contributed by atoms with Crippen LogP contribution in [0.25, 0.3) is 5.76 Å². The third-order valence-corrected chi connectivity index (χ3v) is 6.34. The van der Waals surface area contributed by atoms with Gasteiger partial charge in [-0.05, 0) is 59.7 Å². The van der Waals surface area contributed by atoms with Crippen molar-refractivity contribution in [3.8, 4) is 5.75 Å². The summed E-state index contributed by atoms with van der Waals surface area (Å²) in [5.41, 5.74) is 1.72. The predicted octanol–water partition coefficient (Wildman–Crippen LogP) is 6.68. The second-order valence-corrected chi connectivity index (χ2v) is 8.91. The average Bonchev–Trinajstić information content (AvgIpc) is 3.18. The van der Waals surface area contributed by atoms with E-state index < -0.39 is 23.5 Å². The molecular formula is C30H21ClFNO4. The van der Waals surface area contributed by atoms with E-state index >= 15 is 0 Å². The first-order valence-electron chi connectivity index (χ1n) is 11.5. The van der Waals surface area contributed by atoms with Gasteiger partial charge < -0.3 is 9.84 Å². The summed E-state index contributed by atoms with van der Waals surface area (Å²) in [4.78, 5) is 28.1. The van der Waals surface area contributed by atoms with Crippen LogP contribution in [-0.2, 0) is 16.2 Å². The normalized spacial score (nSPS) is 16.7. The minimum atomic E-state index is -1.09. The molecule has 5 nitrogen and oxygen atoms in total. The lowest BCUT2D eigenvalue weighted by Crippen LogP contribution is -2.30. The highest BCUT2D eigenvalue weighted by atomic mass is 35.5. The first-order chi connectivity index (χ1) is 17.9. The SMILES string of the molecule is O=C1C(=O)N(c2ccccc2OCc2ccccc2)C(c2cccc(F)c2)/C1=C(\O)c1ccc(Cl)cc1. The van der Waals surface area contributed by atoms with Crippen molar-refractivity contribution in [1.82, 2.24) is 0 Å². The van der Waals surface area contributed by atoms with E-state index in [1.54, 1.807) is 54.6 Å². The Morgan fingerprint density at radius 2 is 1.59 bits per heavy atom. The number of halogens is 2. The summed E-state index contributed by atoms with van der Waals surface area (Å²) in [5.74, 6) is -2.31. The zero-order valence-electron chi connectivity index (χ0n) is 19.5. The van der Waals surface area contributed by atoms with Gasteiger partial charge in [0.25, 0.3) is 11.7 Å². The van der Waals surface area contributed by atoms with Crippen LogP contribution in [0, 0.1) is 5.82 Å². The number of nitrogens with zero attached hydrogens (tertiary/aromatic N) is 1. The Bertz CT molecular complexity index is 1500. The minimum Gasteiger partial charge on any atom is -0.507 e. The Balaban J connectivity index is 1.64. The highest BCUT2D eigenvalue weighted by Gasteiger charge is 2.47. The van der Waals surface area contributed by atoms with Crippen molar-refractivity contribution in [3.63, 3.8) is 0 Å². The molecule has 7 heteroatoms. The van der Waals surface area contributed by atoms with E-state index in [1.165, 1.54) is 23.1 Å². The van der Waals surface area contributed by atoms with Gasteiger partial charge in [0.15, 0.2) is 0 Å². The Hall–Kier alpha value is -4.42. The number of amides is 1. The van der Waals surface area contributed by atoms with E-state index in [4.69, 9.17) is 16.3 Å². The van der Waals surface area contributed by atoms with Crippen LogP contribution in [0.5, 0.6) is 5.75 Å². The zero-order chi connectivity index (χ0) is 25.9. The summed E-state index contributed by atoms with van der Waals surface area (Å²) in [6.45, 7) is 0.233. The van der Waals surface area contributed by atoms with E-state index in [9.17, 15) is 19.1 Å². The molecule has 0 saturated carbocycles. The van der Waals surface area contributed by atoms with Crippen molar-refractivity contribution >= 4 is 34.7 Å². The van der Waals surface area contributed by atoms with E-state index in [2.05, 4.69) is 0 Å². The summed E-state index contributed by atoms with van der Waals surface area (Å²) in [7, 11) is 0. The predicted molar refractivity (Wildman–Crippen MR) is 140 cm³/mol. The molecule has 4 aromatic rings. The molecule has 1 atom stereocenters.